The Labute approximate surface area is 115 Å². The molecule has 0 saturated carbocycles. The number of carbonyl (C=O) groups excluding carboxylic acids is 1. The first-order valence-electron chi connectivity index (χ1n) is 7.07. The smallest absolute Gasteiger partial charge is 0.220 e. The summed E-state index contributed by atoms with van der Waals surface area (Å²) < 4.78 is 0. The van der Waals surface area contributed by atoms with E-state index >= 15 is 0 Å². The average Bonchev–Trinajstić information content (AvgIpc) is 2.87. The van der Waals surface area contributed by atoms with Crippen LogP contribution < -0.4 is 11.1 Å². The number of nitrogens with two attached hydrogens (primary N) is 1. The molecule has 0 spiro atoms. The van der Waals surface area contributed by atoms with E-state index in [1.54, 1.807) is 12.5 Å². The van der Waals surface area contributed by atoms with Gasteiger partial charge in [-0.15, -0.1) is 0 Å². The molecule has 1 aromatic heterocycles. The Hall–Kier alpha value is -1.36. The van der Waals surface area contributed by atoms with Gasteiger partial charge in [0.25, 0.3) is 0 Å². The highest BCUT2D eigenvalue weighted by molar-refractivity contribution is 5.75. The summed E-state index contributed by atoms with van der Waals surface area (Å²) in [6.07, 6.45) is 6.73. The third-order valence-corrected chi connectivity index (χ3v) is 3.49. The maximum absolute atomic E-state index is 11.7. The molecule has 5 heteroatoms. The van der Waals surface area contributed by atoms with Gasteiger partial charge >= 0.3 is 0 Å². The van der Waals surface area contributed by atoms with Gasteiger partial charge in [-0.25, -0.2) is 4.98 Å². The van der Waals surface area contributed by atoms with E-state index in [1.807, 2.05) is 0 Å². The number of H-pyrrole nitrogens is 1. The van der Waals surface area contributed by atoms with Gasteiger partial charge in [0.05, 0.1) is 6.33 Å². The number of imidazole rings is 1. The van der Waals surface area contributed by atoms with Gasteiger partial charge in [-0.2, -0.15) is 0 Å². The second-order valence-electron chi connectivity index (χ2n) is 5.30. The lowest BCUT2D eigenvalue weighted by Crippen LogP contribution is -2.27. The molecule has 0 aliphatic rings. The molecule has 1 aromatic rings. The van der Waals surface area contributed by atoms with E-state index < -0.39 is 0 Å². The van der Waals surface area contributed by atoms with Crippen LogP contribution in [0.4, 0.5) is 0 Å². The molecule has 1 atom stereocenters. The molecule has 0 fully saturated rings. The Morgan fingerprint density at radius 2 is 2.26 bits per heavy atom. The van der Waals surface area contributed by atoms with Gasteiger partial charge in [0, 0.05) is 31.3 Å². The van der Waals surface area contributed by atoms with Crippen LogP contribution in [-0.4, -0.2) is 29.0 Å². The highest BCUT2D eigenvalue weighted by Gasteiger charge is 2.14. The summed E-state index contributed by atoms with van der Waals surface area (Å²) in [7, 11) is 0. The largest absolute Gasteiger partial charge is 0.356 e. The van der Waals surface area contributed by atoms with Crippen molar-refractivity contribution in [1.82, 2.24) is 15.3 Å². The number of rotatable bonds is 9. The molecule has 5 nitrogen and oxygen atoms in total. The lowest BCUT2D eigenvalue weighted by atomic mass is 9.88. The highest BCUT2D eigenvalue weighted by atomic mass is 16.1. The number of amides is 1. The molecule has 1 heterocycles. The normalized spacial score (nSPS) is 12.6. The molecule has 1 unspecified atom stereocenters. The van der Waals surface area contributed by atoms with Gasteiger partial charge in [0.15, 0.2) is 0 Å². The van der Waals surface area contributed by atoms with Crippen molar-refractivity contribution in [2.45, 2.75) is 39.5 Å². The van der Waals surface area contributed by atoms with Crippen LogP contribution in [0.25, 0.3) is 0 Å². The van der Waals surface area contributed by atoms with Gasteiger partial charge in [-0.3, -0.25) is 4.79 Å². The van der Waals surface area contributed by atoms with Crippen LogP contribution in [-0.2, 0) is 11.2 Å². The van der Waals surface area contributed by atoms with E-state index in [0.717, 1.165) is 25.0 Å². The average molecular weight is 266 g/mol. The molecule has 0 aliphatic carbocycles. The first-order valence-corrected chi connectivity index (χ1v) is 7.07. The number of nitrogens with one attached hydrogen (secondary N) is 2. The standard InChI is InChI=1S/C14H26N4O/c1-11(2)12(5-7-15)3-4-14(19)17-8-6-13-9-16-10-18-13/h9-12H,3-8,15H2,1-2H3,(H,16,18)(H,17,19). The van der Waals surface area contributed by atoms with Crippen LogP contribution in [0.5, 0.6) is 0 Å². The van der Waals surface area contributed by atoms with Crippen molar-refractivity contribution in [3.63, 3.8) is 0 Å². The van der Waals surface area contributed by atoms with Crippen LogP contribution in [0.1, 0.15) is 38.8 Å². The monoisotopic (exact) mass is 266 g/mol. The molecular weight excluding hydrogens is 240 g/mol. The van der Waals surface area contributed by atoms with Crippen molar-refractivity contribution in [3.05, 3.63) is 18.2 Å². The molecule has 0 aliphatic heterocycles. The minimum absolute atomic E-state index is 0.127. The molecule has 0 bridgehead atoms. The van der Waals surface area contributed by atoms with Gasteiger partial charge in [-0.1, -0.05) is 13.8 Å². The summed E-state index contributed by atoms with van der Waals surface area (Å²) in [4.78, 5) is 18.7. The van der Waals surface area contributed by atoms with Crippen LogP contribution in [0, 0.1) is 11.8 Å². The Morgan fingerprint density at radius 1 is 1.47 bits per heavy atom. The number of nitrogens with zero attached hydrogens (tertiary/aromatic N) is 1. The fourth-order valence-corrected chi connectivity index (χ4v) is 2.19. The lowest BCUT2D eigenvalue weighted by molar-refractivity contribution is -0.121. The SMILES string of the molecule is CC(C)C(CCN)CCC(=O)NCCc1cnc[nH]1. The van der Waals surface area contributed by atoms with E-state index in [1.165, 1.54) is 0 Å². The van der Waals surface area contributed by atoms with Crippen LogP contribution in [0.3, 0.4) is 0 Å². The van der Waals surface area contributed by atoms with Crippen molar-refractivity contribution in [2.24, 2.45) is 17.6 Å². The number of aromatic amines is 1. The molecular formula is C14H26N4O. The summed E-state index contributed by atoms with van der Waals surface area (Å²) in [5, 5.41) is 2.94. The van der Waals surface area contributed by atoms with Gasteiger partial charge in [0.1, 0.15) is 0 Å². The maximum atomic E-state index is 11.7. The van der Waals surface area contributed by atoms with Gasteiger partial charge < -0.3 is 16.0 Å². The van der Waals surface area contributed by atoms with Crippen molar-refractivity contribution in [1.29, 1.82) is 0 Å². The predicted octanol–water partition coefficient (Wildman–Crippen LogP) is 1.47. The molecule has 0 aromatic carbocycles. The van der Waals surface area contributed by atoms with E-state index in [4.69, 9.17) is 5.73 Å². The molecule has 0 radical (unpaired) electrons. The highest BCUT2D eigenvalue weighted by Crippen LogP contribution is 2.20. The van der Waals surface area contributed by atoms with Crippen molar-refractivity contribution in [3.8, 4) is 0 Å². The van der Waals surface area contributed by atoms with Gasteiger partial charge in [0.2, 0.25) is 5.91 Å². The Balaban J connectivity index is 2.16. The maximum Gasteiger partial charge on any atom is 0.220 e. The third kappa shape index (κ3) is 6.38. The first-order chi connectivity index (χ1) is 9.13. The molecule has 1 amide bonds. The molecule has 0 saturated heterocycles. The molecule has 19 heavy (non-hydrogen) atoms. The van der Waals surface area contributed by atoms with E-state index in [-0.39, 0.29) is 5.91 Å². The van der Waals surface area contributed by atoms with Crippen molar-refractivity contribution >= 4 is 5.91 Å². The fourth-order valence-electron chi connectivity index (χ4n) is 2.19. The Bertz CT molecular complexity index is 348. The minimum Gasteiger partial charge on any atom is -0.356 e. The predicted molar refractivity (Wildman–Crippen MR) is 76.5 cm³/mol. The third-order valence-electron chi connectivity index (χ3n) is 3.49. The zero-order valence-electron chi connectivity index (χ0n) is 12.0. The summed E-state index contributed by atoms with van der Waals surface area (Å²) in [6.45, 7) is 5.74. The summed E-state index contributed by atoms with van der Waals surface area (Å²) in [6, 6.07) is 0. The second-order valence-corrected chi connectivity index (χ2v) is 5.30. The van der Waals surface area contributed by atoms with Crippen molar-refractivity contribution in [2.75, 3.05) is 13.1 Å². The summed E-state index contributed by atoms with van der Waals surface area (Å²) in [5.74, 6) is 1.26. The quantitative estimate of drug-likeness (QED) is 0.633. The lowest BCUT2D eigenvalue weighted by Gasteiger charge is -2.19. The Morgan fingerprint density at radius 3 is 2.84 bits per heavy atom. The van der Waals surface area contributed by atoms with Crippen LogP contribution >= 0.6 is 0 Å². The molecule has 108 valence electrons. The number of hydrogen-bond acceptors (Lipinski definition) is 3. The van der Waals surface area contributed by atoms with Gasteiger partial charge in [-0.05, 0) is 31.2 Å². The topological polar surface area (TPSA) is 83.8 Å². The minimum atomic E-state index is 0.127. The second kappa shape index (κ2) is 8.69. The summed E-state index contributed by atoms with van der Waals surface area (Å²) >= 11 is 0. The van der Waals surface area contributed by atoms with E-state index in [9.17, 15) is 4.79 Å². The van der Waals surface area contributed by atoms with Crippen LogP contribution in [0.15, 0.2) is 12.5 Å². The molecule has 4 N–H and O–H groups in total. The zero-order valence-corrected chi connectivity index (χ0v) is 12.0. The Kier molecular flexibility index (Phi) is 7.18. The number of aromatic nitrogens is 2. The zero-order chi connectivity index (χ0) is 14.1. The van der Waals surface area contributed by atoms with E-state index in [0.29, 0.717) is 31.3 Å². The molecule has 1 rings (SSSR count). The van der Waals surface area contributed by atoms with Crippen molar-refractivity contribution < 1.29 is 4.79 Å². The first kappa shape index (κ1) is 15.7. The summed E-state index contributed by atoms with van der Waals surface area (Å²) in [5.41, 5.74) is 6.64. The fraction of sp³-hybridized carbons (Fsp3) is 0.714. The number of hydrogen-bond donors (Lipinski definition) is 3. The number of carbonyl (C=O) groups is 1. The van der Waals surface area contributed by atoms with E-state index in [2.05, 4.69) is 29.1 Å². The van der Waals surface area contributed by atoms with Crippen LogP contribution in [0.2, 0.25) is 0 Å².